The van der Waals surface area contributed by atoms with Gasteiger partial charge < -0.3 is 4.90 Å². The maximum Gasteiger partial charge on any atom is 0.258 e. The van der Waals surface area contributed by atoms with Gasteiger partial charge in [-0.1, -0.05) is 42.0 Å². The summed E-state index contributed by atoms with van der Waals surface area (Å²) in [6.07, 6.45) is 1.75. The first-order valence-corrected chi connectivity index (χ1v) is 10.2. The van der Waals surface area contributed by atoms with Crippen molar-refractivity contribution in [3.63, 3.8) is 0 Å². The number of rotatable bonds is 4. The van der Waals surface area contributed by atoms with Crippen molar-refractivity contribution in [1.82, 2.24) is 14.8 Å². The van der Waals surface area contributed by atoms with Crippen molar-refractivity contribution in [2.75, 3.05) is 11.9 Å². The SMILES string of the molecule is Cc1ccc(N(C)C(=O)c2cc(-c3ccccc3C)nc3c2cnn3C(C)C)cc1. The van der Waals surface area contributed by atoms with E-state index in [0.29, 0.717) is 5.56 Å². The second kappa shape index (κ2) is 7.75. The molecule has 1 amide bonds. The van der Waals surface area contributed by atoms with Crippen LogP contribution in [-0.2, 0) is 0 Å². The maximum atomic E-state index is 13.6. The molecule has 5 heteroatoms. The lowest BCUT2D eigenvalue weighted by Crippen LogP contribution is -2.26. The number of carbonyl (C=O) groups excluding carboxylic acids is 1. The first-order chi connectivity index (χ1) is 14.4. The molecule has 0 saturated carbocycles. The van der Waals surface area contributed by atoms with E-state index in [-0.39, 0.29) is 11.9 Å². The molecule has 0 aliphatic heterocycles. The first kappa shape index (κ1) is 19.8. The zero-order valence-electron chi connectivity index (χ0n) is 18.0. The van der Waals surface area contributed by atoms with Crippen LogP contribution in [0.15, 0.2) is 60.8 Å². The average molecular weight is 399 g/mol. The highest BCUT2D eigenvalue weighted by Crippen LogP contribution is 2.29. The van der Waals surface area contributed by atoms with Crippen LogP contribution in [0.2, 0.25) is 0 Å². The lowest BCUT2D eigenvalue weighted by molar-refractivity contribution is 0.0994. The molecule has 0 spiro atoms. The number of pyridine rings is 1. The molecule has 0 aliphatic rings. The number of carbonyl (C=O) groups is 1. The summed E-state index contributed by atoms with van der Waals surface area (Å²) < 4.78 is 1.87. The van der Waals surface area contributed by atoms with Crippen molar-refractivity contribution in [1.29, 1.82) is 0 Å². The van der Waals surface area contributed by atoms with E-state index in [9.17, 15) is 4.79 Å². The molecule has 0 fully saturated rings. The number of amides is 1. The molecule has 0 atom stereocenters. The number of aromatic nitrogens is 3. The summed E-state index contributed by atoms with van der Waals surface area (Å²) >= 11 is 0. The molecule has 30 heavy (non-hydrogen) atoms. The second-order valence-corrected chi connectivity index (χ2v) is 7.99. The molecule has 2 heterocycles. The fourth-order valence-electron chi connectivity index (χ4n) is 3.64. The van der Waals surface area contributed by atoms with Crippen LogP contribution in [-0.4, -0.2) is 27.7 Å². The van der Waals surface area contributed by atoms with E-state index in [2.05, 4.69) is 31.9 Å². The number of aryl methyl sites for hydroxylation is 2. The van der Waals surface area contributed by atoms with E-state index in [0.717, 1.165) is 39.1 Å². The molecule has 152 valence electrons. The number of fused-ring (bicyclic) bond motifs is 1. The molecular formula is C25H26N4O. The van der Waals surface area contributed by atoms with Gasteiger partial charge in [0.25, 0.3) is 5.91 Å². The van der Waals surface area contributed by atoms with Gasteiger partial charge in [-0.2, -0.15) is 5.10 Å². The predicted molar refractivity (Wildman–Crippen MR) is 122 cm³/mol. The van der Waals surface area contributed by atoms with Gasteiger partial charge in [-0.25, -0.2) is 9.67 Å². The zero-order valence-corrected chi connectivity index (χ0v) is 18.0. The van der Waals surface area contributed by atoms with Crippen molar-refractivity contribution < 1.29 is 4.79 Å². The van der Waals surface area contributed by atoms with Crippen molar-refractivity contribution >= 4 is 22.6 Å². The summed E-state index contributed by atoms with van der Waals surface area (Å²) in [6, 6.07) is 18.1. The van der Waals surface area contributed by atoms with Gasteiger partial charge in [-0.05, 0) is 51.5 Å². The standard InChI is InChI=1S/C25H26N4O/c1-16(2)29-24-22(15-26-29)21(14-23(27-24)20-9-7-6-8-18(20)4)25(30)28(5)19-12-10-17(3)11-13-19/h6-16H,1-5H3. The van der Waals surface area contributed by atoms with Crippen LogP contribution >= 0.6 is 0 Å². The van der Waals surface area contributed by atoms with Crippen LogP contribution in [0, 0.1) is 13.8 Å². The Balaban J connectivity index is 1.90. The van der Waals surface area contributed by atoms with Crippen LogP contribution in [0.25, 0.3) is 22.3 Å². The Bertz CT molecular complexity index is 1220. The van der Waals surface area contributed by atoms with Crippen LogP contribution in [0.4, 0.5) is 5.69 Å². The lowest BCUT2D eigenvalue weighted by atomic mass is 10.0. The Morgan fingerprint density at radius 1 is 1.03 bits per heavy atom. The van der Waals surface area contributed by atoms with E-state index >= 15 is 0 Å². The van der Waals surface area contributed by atoms with Gasteiger partial charge >= 0.3 is 0 Å². The molecule has 4 aromatic rings. The van der Waals surface area contributed by atoms with Crippen LogP contribution in [0.3, 0.4) is 0 Å². The van der Waals surface area contributed by atoms with Gasteiger partial charge in [0.2, 0.25) is 0 Å². The van der Waals surface area contributed by atoms with Crippen molar-refractivity contribution in [3.8, 4) is 11.3 Å². The van der Waals surface area contributed by atoms with Crippen molar-refractivity contribution in [3.05, 3.63) is 77.5 Å². The Kier molecular flexibility index (Phi) is 5.12. The number of hydrogen-bond donors (Lipinski definition) is 0. The molecule has 5 nitrogen and oxygen atoms in total. The van der Waals surface area contributed by atoms with Crippen LogP contribution < -0.4 is 4.90 Å². The minimum absolute atomic E-state index is 0.0793. The summed E-state index contributed by atoms with van der Waals surface area (Å²) in [5.74, 6) is -0.0793. The van der Waals surface area contributed by atoms with E-state index in [1.807, 2.05) is 60.1 Å². The third kappa shape index (κ3) is 3.47. The van der Waals surface area contributed by atoms with E-state index < -0.39 is 0 Å². The minimum atomic E-state index is -0.0793. The van der Waals surface area contributed by atoms with Gasteiger partial charge in [0.15, 0.2) is 5.65 Å². The van der Waals surface area contributed by atoms with Gasteiger partial charge in [-0.15, -0.1) is 0 Å². The normalized spacial score (nSPS) is 11.3. The number of hydrogen-bond acceptors (Lipinski definition) is 3. The highest BCUT2D eigenvalue weighted by Gasteiger charge is 2.22. The van der Waals surface area contributed by atoms with Crippen LogP contribution in [0.1, 0.15) is 41.4 Å². The molecule has 2 aromatic carbocycles. The smallest absolute Gasteiger partial charge is 0.258 e. The zero-order chi connectivity index (χ0) is 21.4. The molecule has 4 rings (SSSR count). The number of nitrogens with zero attached hydrogens (tertiary/aromatic N) is 4. The van der Waals surface area contributed by atoms with Crippen molar-refractivity contribution in [2.24, 2.45) is 0 Å². The summed E-state index contributed by atoms with van der Waals surface area (Å²) in [6.45, 7) is 8.22. The maximum absolute atomic E-state index is 13.6. The van der Waals surface area contributed by atoms with E-state index in [1.54, 1.807) is 18.1 Å². The third-order valence-electron chi connectivity index (χ3n) is 5.43. The van der Waals surface area contributed by atoms with Crippen molar-refractivity contribution in [2.45, 2.75) is 33.7 Å². The lowest BCUT2D eigenvalue weighted by Gasteiger charge is -2.19. The van der Waals surface area contributed by atoms with Gasteiger partial charge in [-0.3, -0.25) is 4.79 Å². The summed E-state index contributed by atoms with van der Waals surface area (Å²) in [5.41, 5.74) is 6.26. The first-order valence-electron chi connectivity index (χ1n) is 10.2. The second-order valence-electron chi connectivity index (χ2n) is 7.99. The fraction of sp³-hybridized carbons (Fsp3) is 0.240. The molecule has 0 unspecified atom stereocenters. The fourth-order valence-corrected chi connectivity index (χ4v) is 3.64. The molecule has 0 saturated heterocycles. The minimum Gasteiger partial charge on any atom is -0.311 e. The topological polar surface area (TPSA) is 51.0 Å². The number of anilines is 1. The predicted octanol–water partition coefficient (Wildman–Crippen LogP) is 5.57. The molecular weight excluding hydrogens is 372 g/mol. The number of benzene rings is 2. The van der Waals surface area contributed by atoms with Crippen LogP contribution in [0.5, 0.6) is 0 Å². The Hall–Kier alpha value is -3.47. The molecule has 0 radical (unpaired) electrons. The quantitative estimate of drug-likeness (QED) is 0.451. The average Bonchev–Trinajstić information content (AvgIpc) is 3.17. The van der Waals surface area contributed by atoms with E-state index in [1.165, 1.54) is 0 Å². The summed E-state index contributed by atoms with van der Waals surface area (Å²) in [7, 11) is 1.81. The highest BCUT2D eigenvalue weighted by molar-refractivity contribution is 6.13. The summed E-state index contributed by atoms with van der Waals surface area (Å²) in [4.78, 5) is 20.1. The highest BCUT2D eigenvalue weighted by atomic mass is 16.2. The summed E-state index contributed by atoms with van der Waals surface area (Å²) in [5, 5.41) is 5.29. The molecule has 2 aromatic heterocycles. The Morgan fingerprint density at radius 3 is 2.40 bits per heavy atom. The van der Waals surface area contributed by atoms with E-state index in [4.69, 9.17) is 4.98 Å². The molecule has 0 aliphatic carbocycles. The Labute approximate surface area is 177 Å². The van der Waals surface area contributed by atoms with Gasteiger partial charge in [0.1, 0.15) is 0 Å². The molecule has 0 bridgehead atoms. The third-order valence-corrected chi connectivity index (χ3v) is 5.43. The molecule has 0 N–H and O–H groups in total. The van der Waals surface area contributed by atoms with Gasteiger partial charge in [0.05, 0.1) is 22.8 Å². The monoisotopic (exact) mass is 398 g/mol. The van der Waals surface area contributed by atoms with Gasteiger partial charge in [0, 0.05) is 24.3 Å². The Morgan fingerprint density at radius 2 is 1.73 bits per heavy atom. The largest absolute Gasteiger partial charge is 0.311 e.